The van der Waals surface area contributed by atoms with Crippen molar-refractivity contribution >= 4 is 40.6 Å². The number of benzene rings is 2. The van der Waals surface area contributed by atoms with Crippen LogP contribution in [0.4, 0.5) is 17.1 Å². The molecule has 0 aromatic heterocycles. The second-order valence-electron chi connectivity index (χ2n) is 7.56. The minimum absolute atomic E-state index is 0.117. The molecule has 0 radical (unpaired) electrons. The monoisotopic (exact) mass is 395 g/mol. The van der Waals surface area contributed by atoms with E-state index in [4.69, 9.17) is 0 Å². The van der Waals surface area contributed by atoms with Crippen LogP contribution >= 0.6 is 11.8 Å². The Bertz CT molecular complexity index is 860. The molecule has 1 unspecified atom stereocenters. The number of amides is 2. The van der Waals surface area contributed by atoms with Crippen LogP contribution in [-0.4, -0.2) is 30.2 Å². The maximum absolute atomic E-state index is 12.4. The maximum Gasteiger partial charge on any atom is 0.238 e. The number of hydrogen-bond donors (Lipinski definition) is 2. The molecule has 0 bridgehead atoms. The van der Waals surface area contributed by atoms with E-state index in [9.17, 15) is 9.59 Å². The lowest BCUT2D eigenvalue weighted by Gasteiger charge is -2.32. The van der Waals surface area contributed by atoms with E-state index in [1.165, 1.54) is 30.3 Å². The summed E-state index contributed by atoms with van der Waals surface area (Å²) in [5.74, 6) is 0.539. The summed E-state index contributed by atoms with van der Waals surface area (Å²) in [6.07, 6.45) is 2.60. The quantitative estimate of drug-likeness (QED) is 0.807. The number of thioether (sulfide) groups is 1. The van der Waals surface area contributed by atoms with Crippen molar-refractivity contribution < 1.29 is 9.59 Å². The molecule has 2 aromatic rings. The van der Waals surface area contributed by atoms with E-state index in [1.54, 1.807) is 0 Å². The summed E-state index contributed by atoms with van der Waals surface area (Å²) >= 11 is 1.45. The molecule has 1 fully saturated rings. The first-order valence-corrected chi connectivity index (χ1v) is 10.7. The number of fused-ring (bicyclic) bond motifs is 1. The van der Waals surface area contributed by atoms with Gasteiger partial charge in [-0.25, -0.2) is 0 Å². The van der Waals surface area contributed by atoms with Crippen LogP contribution in [0.5, 0.6) is 0 Å². The standard InChI is InChI=1S/C22H25N3O2S/c1-15-10-12-25(13-11-15)17-8-6-16(7-9-17)23-21(26)14-20-22(27)24-18-4-2-3-5-19(18)28-20/h2-9,15,20H,10-14H2,1H3,(H,23,26)(H,24,27). The Labute approximate surface area is 169 Å². The SMILES string of the molecule is CC1CCN(c2ccc(NC(=O)CC3Sc4ccccc4NC3=O)cc2)CC1. The molecule has 0 aliphatic carbocycles. The number of nitrogens with one attached hydrogen (secondary N) is 2. The third-order valence-corrected chi connectivity index (χ3v) is 6.65. The summed E-state index contributed by atoms with van der Waals surface area (Å²) in [6, 6.07) is 15.7. The molecule has 2 heterocycles. The van der Waals surface area contributed by atoms with E-state index in [1.807, 2.05) is 36.4 Å². The lowest BCUT2D eigenvalue weighted by molar-refractivity contribution is -0.120. The van der Waals surface area contributed by atoms with Crippen molar-refractivity contribution in [3.05, 3.63) is 48.5 Å². The molecule has 2 aromatic carbocycles. The van der Waals surface area contributed by atoms with Crippen LogP contribution in [-0.2, 0) is 9.59 Å². The van der Waals surface area contributed by atoms with Crippen LogP contribution in [0.1, 0.15) is 26.2 Å². The van der Waals surface area contributed by atoms with E-state index in [-0.39, 0.29) is 18.2 Å². The maximum atomic E-state index is 12.4. The zero-order valence-corrected chi connectivity index (χ0v) is 16.8. The molecule has 0 spiro atoms. The highest BCUT2D eigenvalue weighted by Crippen LogP contribution is 2.36. The van der Waals surface area contributed by atoms with E-state index >= 15 is 0 Å². The van der Waals surface area contributed by atoms with Crippen LogP contribution in [0.15, 0.2) is 53.4 Å². The molecule has 28 heavy (non-hydrogen) atoms. The van der Waals surface area contributed by atoms with Gasteiger partial charge in [0.2, 0.25) is 11.8 Å². The Balaban J connectivity index is 1.33. The lowest BCUT2D eigenvalue weighted by Crippen LogP contribution is -2.33. The first kappa shape index (κ1) is 18.9. The van der Waals surface area contributed by atoms with Gasteiger partial charge in [-0.3, -0.25) is 9.59 Å². The van der Waals surface area contributed by atoms with Crippen LogP contribution in [0.2, 0.25) is 0 Å². The number of rotatable bonds is 4. The minimum atomic E-state index is -0.412. The number of piperidine rings is 1. The molecule has 2 aliphatic rings. The zero-order valence-electron chi connectivity index (χ0n) is 16.0. The number of nitrogens with zero attached hydrogens (tertiary/aromatic N) is 1. The first-order valence-electron chi connectivity index (χ1n) is 9.80. The topological polar surface area (TPSA) is 61.4 Å². The van der Waals surface area contributed by atoms with Crippen molar-refractivity contribution in [1.82, 2.24) is 0 Å². The van der Waals surface area contributed by atoms with E-state index in [0.717, 1.165) is 35.3 Å². The van der Waals surface area contributed by atoms with Gasteiger partial charge in [-0.2, -0.15) is 0 Å². The summed E-state index contributed by atoms with van der Waals surface area (Å²) in [4.78, 5) is 28.1. The number of carbonyl (C=O) groups is 2. The fourth-order valence-electron chi connectivity index (χ4n) is 3.63. The average molecular weight is 396 g/mol. The van der Waals surface area contributed by atoms with Gasteiger partial charge in [0, 0.05) is 35.8 Å². The van der Waals surface area contributed by atoms with Gasteiger partial charge < -0.3 is 15.5 Å². The third-order valence-electron chi connectivity index (χ3n) is 5.38. The number of para-hydroxylation sites is 1. The van der Waals surface area contributed by atoms with Crippen molar-refractivity contribution in [3.8, 4) is 0 Å². The van der Waals surface area contributed by atoms with Gasteiger partial charge in [-0.1, -0.05) is 19.1 Å². The molecule has 146 valence electrons. The van der Waals surface area contributed by atoms with Gasteiger partial charge in [0.1, 0.15) is 0 Å². The Hall–Kier alpha value is -2.47. The lowest BCUT2D eigenvalue weighted by atomic mass is 9.99. The third kappa shape index (κ3) is 4.33. The summed E-state index contributed by atoms with van der Waals surface area (Å²) in [5.41, 5.74) is 2.78. The van der Waals surface area contributed by atoms with Crippen molar-refractivity contribution in [2.45, 2.75) is 36.3 Å². The van der Waals surface area contributed by atoms with E-state index in [0.29, 0.717) is 0 Å². The van der Waals surface area contributed by atoms with Gasteiger partial charge in [0.25, 0.3) is 0 Å². The zero-order chi connectivity index (χ0) is 19.5. The Morgan fingerprint density at radius 3 is 2.61 bits per heavy atom. The summed E-state index contributed by atoms with van der Waals surface area (Å²) < 4.78 is 0. The fraction of sp³-hybridized carbons (Fsp3) is 0.364. The Kier molecular flexibility index (Phi) is 5.57. The fourth-order valence-corrected chi connectivity index (χ4v) is 4.74. The van der Waals surface area contributed by atoms with Crippen molar-refractivity contribution in [2.24, 2.45) is 5.92 Å². The largest absolute Gasteiger partial charge is 0.372 e. The number of hydrogen-bond acceptors (Lipinski definition) is 4. The molecule has 2 amide bonds. The second-order valence-corrected chi connectivity index (χ2v) is 8.81. The van der Waals surface area contributed by atoms with Gasteiger partial charge in [-0.15, -0.1) is 11.8 Å². The normalized spacial score (nSPS) is 19.7. The van der Waals surface area contributed by atoms with Gasteiger partial charge in [0.15, 0.2) is 0 Å². The molecule has 1 saturated heterocycles. The highest BCUT2D eigenvalue weighted by Gasteiger charge is 2.28. The smallest absolute Gasteiger partial charge is 0.238 e. The summed E-state index contributed by atoms with van der Waals surface area (Å²) in [6.45, 7) is 4.48. The molecular formula is C22H25N3O2S. The Morgan fingerprint density at radius 1 is 1.14 bits per heavy atom. The van der Waals surface area contributed by atoms with E-state index < -0.39 is 5.25 Å². The molecule has 2 aliphatic heterocycles. The van der Waals surface area contributed by atoms with Crippen LogP contribution in [0, 0.1) is 5.92 Å². The van der Waals surface area contributed by atoms with Crippen LogP contribution in [0.3, 0.4) is 0 Å². The van der Waals surface area contributed by atoms with Gasteiger partial charge in [0.05, 0.1) is 10.9 Å². The predicted molar refractivity (Wildman–Crippen MR) is 115 cm³/mol. The number of anilines is 3. The molecule has 5 nitrogen and oxygen atoms in total. The summed E-state index contributed by atoms with van der Waals surface area (Å²) in [7, 11) is 0. The second kappa shape index (κ2) is 8.27. The van der Waals surface area contributed by atoms with E-state index in [2.05, 4.69) is 34.6 Å². The molecule has 4 rings (SSSR count). The van der Waals surface area contributed by atoms with Crippen molar-refractivity contribution in [2.75, 3.05) is 28.6 Å². The number of carbonyl (C=O) groups excluding carboxylic acids is 2. The molecule has 1 atom stereocenters. The highest BCUT2D eigenvalue weighted by molar-refractivity contribution is 8.01. The van der Waals surface area contributed by atoms with Crippen molar-refractivity contribution in [3.63, 3.8) is 0 Å². The van der Waals surface area contributed by atoms with Crippen LogP contribution in [0.25, 0.3) is 0 Å². The predicted octanol–water partition coefficient (Wildman–Crippen LogP) is 4.36. The Morgan fingerprint density at radius 2 is 1.86 bits per heavy atom. The van der Waals surface area contributed by atoms with Crippen LogP contribution < -0.4 is 15.5 Å². The van der Waals surface area contributed by atoms with Gasteiger partial charge >= 0.3 is 0 Å². The molecule has 2 N–H and O–H groups in total. The highest BCUT2D eigenvalue weighted by atomic mass is 32.2. The average Bonchev–Trinajstić information content (AvgIpc) is 2.70. The van der Waals surface area contributed by atoms with Crippen molar-refractivity contribution in [1.29, 1.82) is 0 Å². The first-order chi connectivity index (χ1) is 13.6. The molecule has 0 saturated carbocycles. The van der Waals surface area contributed by atoms with Gasteiger partial charge in [-0.05, 0) is 55.2 Å². The minimum Gasteiger partial charge on any atom is -0.372 e. The molecule has 6 heteroatoms. The summed E-state index contributed by atoms with van der Waals surface area (Å²) in [5, 5.41) is 5.39. The molecular weight excluding hydrogens is 370 g/mol.